The van der Waals surface area contributed by atoms with Gasteiger partial charge in [-0.1, -0.05) is 12.1 Å². The molecule has 116 valence electrons. The zero-order valence-electron chi connectivity index (χ0n) is 13.1. The summed E-state index contributed by atoms with van der Waals surface area (Å²) in [5.74, 6) is 0.713. The summed E-state index contributed by atoms with van der Waals surface area (Å²) in [7, 11) is 0. The lowest BCUT2D eigenvalue weighted by Gasteiger charge is -2.18. The molecular weight excluding hydrogens is 278 g/mol. The highest BCUT2D eigenvalue weighted by molar-refractivity contribution is 5.78. The van der Waals surface area contributed by atoms with E-state index in [0.717, 1.165) is 16.9 Å². The van der Waals surface area contributed by atoms with Crippen molar-refractivity contribution in [1.82, 2.24) is 20.2 Å². The molecule has 2 rings (SSSR count). The van der Waals surface area contributed by atoms with Crippen LogP contribution >= 0.6 is 0 Å². The molecule has 1 aromatic carbocycles. The van der Waals surface area contributed by atoms with E-state index in [1.165, 1.54) is 0 Å². The van der Waals surface area contributed by atoms with E-state index in [1.807, 2.05) is 31.2 Å². The molecule has 2 N–H and O–H groups in total. The minimum absolute atomic E-state index is 0.0272. The van der Waals surface area contributed by atoms with Crippen LogP contribution in [0.25, 0.3) is 11.0 Å². The molecule has 0 saturated carbocycles. The van der Waals surface area contributed by atoms with Crippen molar-refractivity contribution < 1.29 is 4.79 Å². The van der Waals surface area contributed by atoms with Gasteiger partial charge in [0.05, 0.1) is 29.7 Å². The number of aromatic nitrogens is 2. The summed E-state index contributed by atoms with van der Waals surface area (Å²) in [5, 5.41) is 14.1. The topological polar surface area (TPSA) is 82.7 Å². The van der Waals surface area contributed by atoms with Gasteiger partial charge in [0.2, 0.25) is 5.91 Å². The quantitative estimate of drug-likeness (QED) is 0.798. The van der Waals surface area contributed by atoms with Crippen LogP contribution in [0.3, 0.4) is 0 Å². The van der Waals surface area contributed by atoms with E-state index >= 15 is 0 Å². The fourth-order valence-electron chi connectivity index (χ4n) is 2.45. The van der Waals surface area contributed by atoms with Crippen molar-refractivity contribution in [3.8, 4) is 6.07 Å². The minimum atomic E-state index is -0.194. The van der Waals surface area contributed by atoms with Gasteiger partial charge in [-0.05, 0) is 32.9 Å². The smallest absolute Gasteiger partial charge is 0.234 e. The van der Waals surface area contributed by atoms with Gasteiger partial charge in [-0.2, -0.15) is 5.26 Å². The number of carbonyl (C=O) groups excluding carboxylic acids is 1. The molecule has 1 aromatic heterocycles. The summed E-state index contributed by atoms with van der Waals surface area (Å²) in [5.41, 5.74) is 2.05. The Morgan fingerprint density at radius 1 is 1.36 bits per heavy atom. The first kappa shape index (κ1) is 16.0. The predicted octanol–water partition coefficient (Wildman–Crippen LogP) is 1.91. The van der Waals surface area contributed by atoms with E-state index in [1.54, 1.807) is 0 Å². The number of nitriles is 1. The molecular formula is C16H21N5O. The number of fused-ring (bicyclic) bond motifs is 1. The second-order valence-electron chi connectivity index (χ2n) is 5.46. The largest absolute Gasteiger partial charge is 0.342 e. The van der Waals surface area contributed by atoms with Gasteiger partial charge in [0.1, 0.15) is 12.4 Å². The molecule has 1 heterocycles. The lowest BCUT2D eigenvalue weighted by atomic mass is 10.2. The Labute approximate surface area is 130 Å². The highest BCUT2D eigenvalue weighted by Crippen LogP contribution is 2.24. The Morgan fingerprint density at radius 2 is 2.09 bits per heavy atom. The highest BCUT2D eigenvalue weighted by atomic mass is 16.1. The first-order valence-electron chi connectivity index (χ1n) is 7.38. The Balaban J connectivity index is 2.17. The molecule has 0 saturated heterocycles. The lowest BCUT2D eigenvalue weighted by molar-refractivity contribution is -0.120. The Morgan fingerprint density at radius 3 is 2.77 bits per heavy atom. The number of amides is 1. The molecule has 22 heavy (non-hydrogen) atoms. The van der Waals surface area contributed by atoms with Crippen molar-refractivity contribution in [2.45, 2.75) is 32.9 Å². The SMILES string of the molecule is CC(C)n1c([C@H](C)NCC(=O)NCC#N)nc2ccccc21. The molecule has 0 aliphatic carbocycles. The fraction of sp³-hybridized carbons (Fsp3) is 0.438. The van der Waals surface area contributed by atoms with Gasteiger partial charge in [0, 0.05) is 6.04 Å². The molecule has 0 spiro atoms. The van der Waals surface area contributed by atoms with Crippen molar-refractivity contribution >= 4 is 16.9 Å². The summed E-state index contributed by atoms with van der Waals surface area (Å²) in [6, 6.07) is 10.1. The van der Waals surface area contributed by atoms with E-state index in [-0.39, 0.29) is 31.1 Å². The molecule has 0 aliphatic heterocycles. The van der Waals surface area contributed by atoms with Crippen molar-refractivity contribution in [2.75, 3.05) is 13.1 Å². The maximum atomic E-state index is 11.6. The molecule has 2 aromatic rings. The van der Waals surface area contributed by atoms with Crippen molar-refractivity contribution in [3.63, 3.8) is 0 Å². The Bertz CT molecular complexity index is 698. The Kier molecular flexibility index (Phi) is 5.12. The number of nitrogens with zero attached hydrogens (tertiary/aromatic N) is 3. The highest BCUT2D eigenvalue weighted by Gasteiger charge is 2.18. The maximum absolute atomic E-state index is 11.6. The van der Waals surface area contributed by atoms with Gasteiger partial charge < -0.3 is 9.88 Å². The van der Waals surface area contributed by atoms with E-state index < -0.39 is 0 Å². The molecule has 0 bridgehead atoms. The van der Waals surface area contributed by atoms with Crippen LogP contribution in [-0.2, 0) is 4.79 Å². The number of para-hydroxylation sites is 2. The monoisotopic (exact) mass is 299 g/mol. The second kappa shape index (κ2) is 7.05. The van der Waals surface area contributed by atoms with Crippen LogP contribution in [0.2, 0.25) is 0 Å². The second-order valence-corrected chi connectivity index (χ2v) is 5.46. The van der Waals surface area contributed by atoms with Gasteiger partial charge in [0.15, 0.2) is 0 Å². The zero-order valence-corrected chi connectivity index (χ0v) is 13.1. The van der Waals surface area contributed by atoms with E-state index in [2.05, 4.69) is 35.1 Å². The maximum Gasteiger partial charge on any atom is 0.234 e. The van der Waals surface area contributed by atoms with Gasteiger partial charge >= 0.3 is 0 Å². The number of nitrogens with one attached hydrogen (secondary N) is 2. The number of benzene rings is 1. The number of hydrogen-bond donors (Lipinski definition) is 2. The molecule has 1 atom stereocenters. The van der Waals surface area contributed by atoms with E-state index in [0.29, 0.717) is 0 Å². The molecule has 6 heteroatoms. The third-order valence-electron chi connectivity index (χ3n) is 3.46. The third-order valence-corrected chi connectivity index (χ3v) is 3.46. The number of carbonyl (C=O) groups is 1. The van der Waals surface area contributed by atoms with Gasteiger partial charge in [-0.25, -0.2) is 4.98 Å². The number of rotatable bonds is 6. The molecule has 0 fully saturated rings. The summed E-state index contributed by atoms with van der Waals surface area (Å²) in [4.78, 5) is 16.3. The van der Waals surface area contributed by atoms with Gasteiger partial charge in [-0.15, -0.1) is 0 Å². The lowest BCUT2D eigenvalue weighted by Crippen LogP contribution is -2.36. The normalized spacial score (nSPS) is 12.3. The first-order valence-corrected chi connectivity index (χ1v) is 7.38. The van der Waals surface area contributed by atoms with Crippen molar-refractivity contribution in [3.05, 3.63) is 30.1 Å². The van der Waals surface area contributed by atoms with Crippen LogP contribution in [-0.4, -0.2) is 28.5 Å². The van der Waals surface area contributed by atoms with Gasteiger partial charge in [-0.3, -0.25) is 10.1 Å². The average molecular weight is 299 g/mol. The average Bonchev–Trinajstić information content (AvgIpc) is 2.90. The summed E-state index contributed by atoms with van der Waals surface area (Å²) >= 11 is 0. The number of imidazole rings is 1. The van der Waals surface area contributed by atoms with Crippen molar-refractivity contribution in [2.24, 2.45) is 0 Å². The van der Waals surface area contributed by atoms with Crippen molar-refractivity contribution in [1.29, 1.82) is 5.26 Å². The van der Waals surface area contributed by atoms with Crippen LogP contribution in [0.4, 0.5) is 0 Å². The van der Waals surface area contributed by atoms with Crippen LogP contribution in [0.1, 0.15) is 38.7 Å². The summed E-state index contributed by atoms with van der Waals surface area (Å²) in [6.45, 7) is 6.40. The first-order chi connectivity index (χ1) is 10.5. The summed E-state index contributed by atoms with van der Waals surface area (Å²) in [6.07, 6.45) is 0. The minimum Gasteiger partial charge on any atom is -0.342 e. The van der Waals surface area contributed by atoms with E-state index in [4.69, 9.17) is 10.2 Å². The molecule has 0 unspecified atom stereocenters. The molecule has 0 aliphatic rings. The van der Waals surface area contributed by atoms with Crippen LogP contribution in [0.5, 0.6) is 0 Å². The fourth-order valence-corrected chi connectivity index (χ4v) is 2.45. The number of hydrogen-bond acceptors (Lipinski definition) is 4. The predicted molar refractivity (Wildman–Crippen MR) is 85.2 cm³/mol. The molecule has 6 nitrogen and oxygen atoms in total. The third kappa shape index (κ3) is 3.43. The molecule has 0 radical (unpaired) electrons. The molecule has 1 amide bonds. The van der Waals surface area contributed by atoms with Crippen LogP contribution in [0, 0.1) is 11.3 Å². The van der Waals surface area contributed by atoms with Crippen LogP contribution in [0.15, 0.2) is 24.3 Å². The zero-order chi connectivity index (χ0) is 16.1. The summed E-state index contributed by atoms with van der Waals surface area (Å²) < 4.78 is 2.18. The Hall–Kier alpha value is -2.39. The van der Waals surface area contributed by atoms with Crippen LogP contribution < -0.4 is 10.6 Å². The van der Waals surface area contributed by atoms with Gasteiger partial charge in [0.25, 0.3) is 0 Å². The van der Waals surface area contributed by atoms with E-state index in [9.17, 15) is 4.79 Å². The standard InChI is InChI=1S/C16H21N5O/c1-11(2)21-14-7-5-4-6-13(14)20-16(21)12(3)19-10-15(22)18-9-8-17/h4-7,11-12,19H,9-10H2,1-3H3,(H,18,22)/t12-/m0/s1.